The maximum Gasteiger partial charge on any atom is 0.241 e. The first-order valence-corrected chi connectivity index (χ1v) is 8.26. The van der Waals surface area contributed by atoms with Gasteiger partial charge in [0.1, 0.15) is 0 Å². The summed E-state index contributed by atoms with van der Waals surface area (Å²) in [6, 6.07) is 6.63. The molecule has 0 saturated carbocycles. The molecule has 0 heterocycles. The van der Waals surface area contributed by atoms with Gasteiger partial charge < -0.3 is 9.47 Å². The Kier molecular flexibility index (Phi) is 6.95. The van der Waals surface area contributed by atoms with Crippen LogP contribution in [0.25, 0.3) is 0 Å². The molecule has 1 rings (SSSR count). The van der Waals surface area contributed by atoms with Crippen LogP contribution in [0, 0.1) is 0 Å². The van der Waals surface area contributed by atoms with Crippen LogP contribution in [0.1, 0.15) is 13.8 Å². The van der Waals surface area contributed by atoms with E-state index in [0.29, 0.717) is 17.7 Å². The van der Waals surface area contributed by atoms with Gasteiger partial charge in [-0.3, -0.25) is 0 Å². The van der Waals surface area contributed by atoms with E-state index in [1.165, 1.54) is 6.07 Å². The molecule has 1 aromatic carbocycles. The molecule has 0 amide bonds. The molecule has 1 aromatic rings. The van der Waals surface area contributed by atoms with E-state index in [2.05, 4.69) is 20.7 Å². The van der Waals surface area contributed by atoms with Crippen molar-refractivity contribution in [3.8, 4) is 0 Å². The highest BCUT2D eigenvalue weighted by molar-refractivity contribution is 9.10. The molecule has 7 heteroatoms. The fourth-order valence-corrected chi connectivity index (χ4v) is 3.47. The summed E-state index contributed by atoms with van der Waals surface area (Å²) in [5.41, 5.74) is 0. The van der Waals surface area contributed by atoms with Crippen molar-refractivity contribution in [2.75, 3.05) is 19.8 Å². The van der Waals surface area contributed by atoms with Crippen molar-refractivity contribution in [1.29, 1.82) is 0 Å². The molecule has 0 unspecified atom stereocenters. The van der Waals surface area contributed by atoms with Crippen LogP contribution in [0.3, 0.4) is 0 Å². The summed E-state index contributed by atoms with van der Waals surface area (Å²) in [5, 5.41) is 0. The van der Waals surface area contributed by atoms with Crippen LogP contribution < -0.4 is 4.72 Å². The molecule has 0 radical (unpaired) electrons. The third-order valence-corrected chi connectivity index (χ3v) is 4.71. The van der Waals surface area contributed by atoms with Gasteiger partial charge in [-0.25, -0.2) is 13.1 Å². The molecule has 0 aliphatic carbocycles. The number of hydrogen-bond donors (Lipinski definition) is 1. The van der Waals surface area contributed by atoms with Crippen molar-refractivity contribution in [2.24, 2.45) is 0 Å². The van der Waals surface area contributed by atoms with Crippen molar-refractivity contribution in [3.05, 3.63) is 28.7 Å². The number of hydrogen-bond acceptors (Lipinski definition) is 4. The predicted molar refractivity (Wildman–Crippen MR) is 76.4 cm³/mol. The molecule has 0 saturated heterocycles. The SMILES string of the molecule is CCOC(CNS(=O)(=O)c1ccccc1Br)OCC. The van der Waals surface area contributed by atoms with Crippen molar-refractivity contribution in [1.82, 2.24) is 4.72 Å². The summed E-state index contributed by atoms with van der Waals surface area (Å²) in [7, 11) is -3.58. The Hall–Kier alpha value is -0.470. The van der Waals surface area contributed by atoms with Crippen molar-refractivity contribution < 1.29 is 17.9 Å². The summed E-state index contributed by atoms with van der Waals surface area (Å²) in [5.74, 6) is 0. The van der Waals surface area contributed by atoms with Gasteiger partial charge >= 0.3 is 0 Å². The smallest absolute Gasteiger partial charge is 0.241 e. The van der Waals surface area contributed by atoms with Crippen LogP contribution in [0.15, 0.2) is 33.6 Å². The minimum absolute atomic E-state index is 0.0747. The quantitative estimate of drug-likeness (QED) is 0.728. The Morgan fingerprint density at radius 2 is 1.79 bits per heavy atom. The number of ether oxygens (including phenoxy) is 2. The lowest BCUT2D eigenvalue weighted by Gasteiger charge is -2.17. The molecule has 5 nitrogen and oxygen atoms in total. The Morgan fingerprint density at radius 3 is 2.32 bits per heavy atom. The van der Waals surface area contributed by atoms with E-state index in [1.54, 1.807) is 18.2 Å². The third kappa shape index (κ3) is 5.19. The fourth-order valence-electron chi connectivity index (χ4n) is 1.46. The Bertz CT molecular complexity index is 486. The lowest BCUT2D eigenvalue weighted by molar-refractivity contribution is -0.130. The maximum atomic E-state index is 12.1. The van der Waals surface area contributed by atoms with E-state index in [4.69, 9.17) is 9.47 Å². The molecule has 0 aromatic heterocycles. The average Bonchev–Trinajstić information content (AvgIpc) is 2.37. The lowest BCUT2D eigenvalue weighted by atomic mass is 10.4. The minimum Gasteiger partial charge on any atom is -0.352 e. The predicted octanol–water partition coefficient (Wildman–Crippen LogP) is 2.13. The van der Waals surface area contributed by atoms with E-state index in [1.807, 2.05) is 13.8 Å². The number of rotatable bonds is 8. The minimum atomic E-state index is -3.58. The van der Waals surface area contributed by atoms with Gasteiger partial charge in [0.05, 0.1) is 11.4 Å². The number of sulfonamides is 1. The Labute approximate surface area is 122 Å². The third-order valence-electron chi connectivity index (χ3n) is 2.27. The zero-order chi connectivity index (χ0) is 14.3. The van der Waals surface area contributed by atoms with E-state index in [0.717, 1.165) is 0 Å². The molecule has 0 atom stereocenters. The highest BCUT2D eigenvalue weighted by Gasteiger charge is 2.19. The summed E-state index contributed by atoms with van der Waals surface area (Å²) in [6.07, 6.45) is -0.577. The zero-order valence-electron chi connectivity index (χ0n) is 10.9. The normalized spacial score (nSPS) is 12.0. The van der Waals surface area contributed by atoms with Gasteiger partial charge in [-0.2, -0.15) is 0 Å². The summed E-state index contributed by atoms with van der Waals surface area (Å²) < 4.78 is 37.8. The van der Waals surface area contributed by atoms with Crippen LogP contribution in [-0.4, -0.2) is 34.5 Å². The van der Waals surface area contributed by atoms with Crippen molar-refractivity contribution in [2.45, 2.75) is 25.0 Å². The second-order valence-electron chi connectivity index (χ2n) is 3.62. The van der Waals surface area contributed by atoms with E-state index in [9.17, 15) is 8.42 Å². The van der Waals surface area contributed by atoms with Gasteiger partial charge in [0.25, 0.3) is 0 Å². The van der Waals surface area contributed by atoms with Crippen LogP contribution >= 0.6 is 15.9 Å². The molecular weight excluding hydrogens is 334 g/mol. The molecule has 0 spiro atoms. The first-order chi connectivity index (χ1) is 9.01. The van der Waals surface area contributed by atoms with Crippen LogP contribution in [0.2, 0.25) is 0 Å². The maximum absolute atomic E-state index is 12.1. The van der Waals surface area contributed by atoms with Crippen LogP contribution in [-0.2, 0) is 19.5 Å². The van der Waals surface area contributed by atoms with Gasteiger partial charge in [-0.1, -0.05) is 12.1 Å². The van der Waals surface area contributed by atoms with Gasteiger partial charge in [-0.15, -0.1) is 0 Å². The molecule has 19 heavy (non-hydrogen) atoms. The van der Waals surface area contributed by atoms with Gasteiger partial charge in [0.2, 0.25) is 10.0 Å². The number of nitrogens with one attached hydrogen (secondary N) is 1. The zero-order valence-corrected chi connectivity index (χ0v) is 13.3. The standard InChI is InChI=1S/C12H18BrNO4S/c1-3-17-12(18-4-2)9-14-19(15,16)11-8-6-5-7-10(11)13/h5-8,12,14H,3-4,9H2,1-2H3. The molecule has 0 aliphatic heterocycles. The molecule has 0 aliphatic rings. The molecule has 1 N–H and O–H groups in total. The Balaban J connectivity index is 2.72. The van der Waals surface area contributed by atoms with Gasteiger partial charge in [-0.05, 0) is 41.9 Å². The summed E-state index contributed by atoms with van der Waals surface area (Å²) in [6.45, 7) is 4.65. The van der Waals surface area contributed by atoms with Gasteiger partial charge in [0, 0.05) is 17.7 Å². The summed E-state index contributed by atoms with van der Waals surface area (Å²) >= 11 is 3.22. The fraction of sp³-hybridized carbons (Fsp3) is 0.500. The number of halogens is 1. The average molecular weight is 352 g/mol. The monoisotopic (exact) mass is 351 g/mol. The second kappa shape index (κ2) is 7.96. The van der Waals surface area contributed by atoms with Gasteiger partial charge in [0.15, 0.2) is 6.29 Å². The lowest BCUT2D eigenvalue weighted by Crippen LogP contribution is -2.35. The first-order valence-electron chi connectivity index (χ1n) is 5.98. The van der Waals surface area contributed by atoms with E-state index in [-0.39, 0.29) is 11.4 Å². The first kappa shape index (κ1) is 16.6. The summed E-state index contributed by atoms with van der Waals surface area (Å²) in [4.78, 5) is 0.196. The topological polar surface area (TPSA) is 64.6 Å². The van der Waals surface area contributed by atoms with Crippen LogP contribution in [0.5, 0.6) is 0 Å². The highest BCUT2D eigenvalue weighted by Crippen LogP contribution is 2.20. The van der Waals surface area contributed by atoms with Crippen LogP contribution in [0.4, 0.5) is 0 Å². The molecule has 0 bridgehead atoms. The number of benzene rings is 1. The van der Waals surface area contributed by atoms with E-state index >= 15 is 0 Å². The molecule has 0 fully saturated rings. The Morgan fingerprint density at radius 1 is 1.21 bits per heavy atom. The van der Waals surface area contributed by atoms with Crippen molar-refractivity contribution in [3.63, 3.8) is 0 Å². The highest BCUT2D eigenvalue weighted by atomic mass is 79.9. The largest absolute Gasteiger partial charge is 0.352 e. The van der Waals surface area contributed by atoms with E-state index < -0.39 is 16.3 Å². The molecular formula is C12H18BrNO4S. The second-order valence-corrected chi connectivity index (χ2v) is 6.21. The van der Waals surface area contributed by atoms with Crippen molar-refractivity contribution >= 4 is 26.0 Å². The molecule has 108 valence electrons.